The predicted molar refractivity (Wildman–Crippen MR) is 206 cm³/mol. The fourth-order valence-electron chi connectivity index (χ4n) is 7.49. The van der Waals surface area contributed by atoms with E-state index < -0.39 is 0 Å². The number of anilines is 3. The van der Waals surface area contributed by atoms with E-state index in [0.29, 0.717) is 0 Å². The molecular formula is C46H30N2O. The Morgan fingerprint density at radius 1 is 0.388 bits per heavy atom. The van der Waals surface area contributed by atoms with E-state index >= 15 is 0 Å². The topological polar surface area (TPSA) is 21.3 Å². The van der Waals surface area contributed by atoms with Gasteiger partial charge in [0, 0.05) is 44.0 Å². The molecule has 0 N–H and O–H groups in total. The largest absolute Gasteiger partial charge is 0.456 e. The number of nitrogens with zero attached hydrogens (tertiary/aromatic N) is 2. The fraction of sp³-hybridized carbons (Fsp3) is 0. The van der Waals surface area contributed by atoms with Crippen LogP contribution in [0.5, 0.6) is 0 Å². The van der Waals surface area contributed by atoms with Crippen LogP contribution in [0.3, 0.4) is 0 Å². The Balaban J connectivity index is 1.09. The van der Waals surface area contributed by atoms with Crippen molar-refractivity contribution in [2.45, 2.75) is 0 Å². The summed E-state index contributed by atoms with van der Waals surface area (Å²) in [5.74, 6) is 0. The van der Waals surface area contributed by atoms with E-state index in [2.05, 4.69) is 179 Å². The van der Waals surface area contributed by atoms with E-state index in [1.54, 1.807) is 0 Å². The molecule has 3 nitrogen and oxygen atoms in total. The summed E-state index contributed by atoms with van der Waals surface area (Å²) in [4.78, 5) is 2.37. The summed E-state index contributed by atoms with van der Waals surface area (Å²) in [6, 6.07) is 65.0. The number of fused-ring (bicyclic) bond motifs is 7. The van der Waals surface area contributed by atoms with Crippen molar-refractivity contribution in [3.05, 3.63) is 182 Å². The van der Waals surface area contributed by atoms with Gasteiger partial charge in [0.2, 0.25) is 0 Å². The lowest BCUT2D eigenvalue weighted by Gasteiger charge is -2.27. The molecule has 0 bridgehead atoms. The molecule has 0 aliphatic carbocycles. The van der Waals surface area contributed by atoms with Crippen molar-refractivity contribution in [2.24, 2.45) is 0 Å². The Kier molecular flexibility index (Phi) is 6.18. The molecule has 10 rings (SSSR count). The maximum absolute atomic E-state index is 6.21. The molecule has 0 saturated carbocycles. The minimum atomic E-state index is 0.906. The highest BCUT2D eigenvalue weighted by Crippen LogP contribution is 2.41. The number of hydrogen-bond donors (Lipinski definition) is 0. The third kappa shape index (κ3) is 4.44. The molecule has 8 aromatic carbocycles. The van der Waals surface area contributed by atoms with Crippen LogP contribution < -0.4 is 4.90 Å². The van der Waals surface area contributed by atoms with Gasteiger partial charge in [-0.25, -0.2) is 0 Å². The van der Waals surface area contributed by atoms with E-state index in [0.717, 1.165) is 55.8 Å². The van der Waals surface area contributed by atoms with Crippen LogP contribution >= 0.6 is 0 Å². The quantitative estimate of drug-likeness (QED) is 0.190. The molecule has 2 aromatic heterocycles. The van der Waals surface area contributed by atoms with E-state index in [1.165, 1.54) is 32.6 Å². The highest BCUT2D eigenvalue weighted by atomic mass is 16.3. The van der Waals surface area contributed by atoms with Gasteiger partial charge < -0.3 is 13.9 Å². The van der Waals surface area contributed by atoms with Crippen LogP contribution in [0.1, 0.15) is 0 Å². The van der Waals surface area contributed by atoms with E-state index in [4.69, 9.17) is 4.42 Å². The monoisotopic (exact) mass is 626 g/mol. The van der Waals surface area contributed by atoms with Gasteiger partial charge in [0.25, 0.3) is 0 Å². The van der Waals surface area contributed by atoms with Gasteiger partial charge in [-0.05, 0) is 89.3 Å². The molecule has 49 heavy (non-hydrogen) atoms. The van der Waals surface area contributed by atoms with Crippen molar-refractivity contribution in [1.82, 2.24) is 4.57 Å². The molecule has 0 spiro atoms. The zero-order chi connectivity index (χ0) is 32.3. The number of aromatic nitrogens is 1. The molecule has 0 unspecified atom stereocenters. The zero-order valence-electron chi connectivity index (χ0n) is 26.6. The molecule has 0 aliphatic rings. The second-order valence-electron chi connectivity index (χ2n) is 12.6. The number of para-hydroxylation sites is 3. The van der Waals surface area contributed by atoms with Gasteiger partial charge in [0.1, 0.15) is 11.2 Å². The Labute approximate surface area is 283 Å². The summed E-state index contributed by atoms with van der Waals surface area (Å²) in [7, 11) is 0. The van der Waals surface area contributed by atoms with E-state index in [-0.39, 0.29) is 0 Å². The second kappa shape index (κ2) is 11.0. The summed E-state index contributed by atoms with van der Waals surface area (Å²) in [6.07, 6.45) is 0. The van der Waals surface area contributed by atoms with Crippen molar-refractivity contribution < 1.29 is 4.42 Å². The van der Waals surface area contributed by atoms with E-state index in [1.807, 2.05) is 12.1 Å². The zero-order valence-corrected chi connectivity index (χ0v) is 26.6. The normalized spacial score (nSPS) is 11.7. The highest BCUT2D eigenvalue weighted by molar-refractivity contribution is 6.09. The molecule has 10 aromatic rings. The average Bonchev–Trinajstić information content (AvgIpc) is 3.71. The third-order valence-electron chi connectivity index (χ3n) is 9.79. The first-order valence-electron chi connectivity index (χ1n) is 16.7. The van der Waals surface area contributed by atoms with Crippen LogP contribution in [-0.2, 0) is 0 Å². The van der Waals surface area contributed by atoms with Gasteiger partial charge >= 0.3 is 0 Å². The number of rotatable bonds is 5. The van der Waals surface area contributed by atoms with Crippen LogP contribution in [-0.4, -0.2) is 4.57 Å². The first-order valence-corrected chi connectivity index (χ1v) is 16.7. The van der Waals surface area contributed by atoms with Crippen LogP contribution in [0, 0.1) is 0 Å². The van der Waals surface area contributed by atoms with Crippen molar-refractivity contribution >= 4 is 71.6 Å². The van der Waals surface area contributed by atoms with Crippen molar-refractivity contribution in [1.29, 1.82) is 0 Å². The van der Waals surface area contributed by atoms with Crippen molar-refractivity contribution in [3.63, 3.8) is 0 Å². The highest BCUT2D eigenvalue weighted by Gasteiger charge is 2.17. The lowest BCUT2D eigenvalue weighted by Crippen LogP contribution is -2.10. The second-order valence-corrected chi connectivity index (χ2v) is 12.6. The van der Waals surface area contributed by atoms with Crippen LogP contribution in [0.25, 0.3) is 71.3 Å². The van der Waals surface area contributed by atoms with Crippen LogP contribution in [0.4, 0.5) is 17.1 Å². The van der Waals surface area contributed by atoms with Crippen LogP contribution in [0.2, 0.25) is 0 Å². The fourth-order valence-corrected chi connectivity index (χ4v) is 7.49. The maximum Gasteiger partial charge on any atom is 0.136 e. The molecule has 3 heteroatoms. The third-order valence-corrected chi connectivity index (χ3v) is 9.79. The molecule has 230 valence electrons. The smallest absolute Gasteiger partial charge is 0.136 e. The Hall–Kier alpha value is -6.58. The lowest BCUT2D eigenvalue weighted by molar-refractivity contribution is 0.669. The van der Waals surface area contributed by atoms with Gasteiger partial charge in [-0.15, -0.1) is 0 Å². The minimum absolute atomic E-state index is 0.906. The molecule has 0 radical (unpaired) electrons. The summed E-state index contributed by atoms with van der Waals surface area (Å²) in [5, 5.41) is 7.23. The molecule has 0 aliphatic heterocycles. The van der Waals surface area contributed by atoms with Crippen LogP contribution in [0.15, 0.2) is 186 Å². The molecule has 0 atom stereocenters. The first kappa shape index (κ1) is 27.5. The Morgan fingerprint density at radius 3 is 1.67 bits per heavy atom. The van der Waals surface area contributed by atoms with Gasteiger partial charge in [0.05, 0.1) is 16.7 Å². The molecule has 2 heterocycles. The molecule has 0 fully saturated rings. The SMILES string of the molecule is c1ccc2c(N(c3ccc(-c4ccc5c(c4)oc4ccccc45)cc3)c3ccc(-n4c5ccccc5c5ccccc54)cc3)cccc2c1. The van der Waals surface area contributed by atoms with Gasteiger partial charge in [0.15, 0.2) is 0 Å². The number of hydrogen-bond acceptors (Lipinski definition) is 2. The predicted octanol–water partition coefficient (Wildman–Crippen LogP) is 13.0. The first-order chi connectivity index (χ1) is 24.3. The van der Waals surface area contributed by atoms with Gasteiger partial charge in [-0.2, -0.15) is 0 Å². The minimum Gasteiger partial charge on any atom is -0.456 e. The summed E-state index contributed by atoms with van der Waals surface area (Å²) >= 11 is 0. The van der Waals surface area contributed by atoms with Crippen molar-refractivity contribution in [2.75, 3.05) is 4.90 Å². The van der Waals surface area contributed by atoms with Gasteiger partial charge in [-0.3, -0.25) is 0 Å². The summed E-state index contributed by atoms with van der Waals surface area (Å²) < 4.78 is 8.57. The average molecular weight is 627 g/mol. The van der Waals surface area contributed by atoms with Gasteiger partial charge in [-0.1, -0.05) is 109 Å². The number of benzene rings is 8. The van der Waals surface area contributed by atoms with Crippen molar-refractivity contribution in [3.8, 4) is 16.8 Å². The summed E-state index contributed by atoms with van der Waals surface area (Å²) in [5.41, 5.74) is 11.0. The molecule has 0 saturated heterocycles. The maximum atomic E-state index is 6.21. The lowest BCUT2D eigenvalue weighted by atomic mass is 10.0. The Morgan fingerprint density at radius 2 is 0.939 bits per heavy atom. The summed E-state index contributed by atoms with van der Waals surface area (Å²) in [6.45, 7) is 0. The Bertz CT molecular complexity index is 2760. The number of furan rings is 1. The molecular weight excluding hydrogens is 597 g/mol. The van der Waals surface area contributed by atoms with E-state index in [9.17, 15) is 0 Å². The molecule has 0 amide bonds. The standard InChI is InChI=1S/C46H30N2O/c1-2-12-37-32(10-1)11-9-18-42(37)47(34-23-20-31(21-24-34)33-22-29-41-40-15-5-8-19-45(40)49-46(41)30-33)35-25-27-36(28-26-35)48-43-16-6-3-13-38(43)39-14-4-7-17-44(39)48/h1-30H.